The third kappa shape index (κ3) is 4.82. The van der Waals surface area contributed by atoms with E-state index >= 15 is 0 Å². The van der Waals surface area contributed by atoms with Crippen LogP contribution in [0, 0.1) is 11.3 Å². The maximum absolute atomic E-state index is 12.6. The highest BCUT2D eigenvalue weighted by Crippen LogP contribution is 2.29. The van der Waals surface area contributed by atoms with Crippen LogP contribution in [0.5, 0.6) is 5.75 Å². The predicted molar refractivity (Wildman–Crippen MR) is 107 cm³/mol. The van der Waals surface area contributed by atoms with Crippen LogP contribution < -0.4 is 4.74 Å². The number of thioether (sulfide) groups is 1. The fourth-order valence-corrected chi connectivity index (χ4v) is 4.13. The van der Waals surface area contributed by atoms with Crippen molar-refractivity contribution in [1.29, 1.82) is 5.26 Å². The van der Waals surface area contributed by atoms with E-state index in [1.165, 1.54) is 11.8 Å². The van der Waals surface area contributed by atoms with Gasteiger partial charge in [-0.05, 0) is 17.7 Å². The van der Waals surface area contributed by atoms with Crippen molar-refractivity contribution >= 4 is 17.7 Å². The molecule has 1 heterocycles. The number of ether oxygens (including phenoxy) is 1. The molecule has 0 saturated carbocycles. The van der Waals surface area contributed by atoms with E-state index in [-0.39, 0.29) is 11.9 Å². The smallest absolute Gasteiger partial charge is 0.233 e. The van der Waals surface area contributed by atoms with Crippen LogP contribution in [0.3, 0.4) is 0 Å². The highest BCUT2D eigenvalue weighted by molar-refractivity contribution is 8.00. The molecule has 0 spiro atoms. The van der Waals surface area contributed by atoms with E-state index in [0.29, 0.717) is 31.9 Å². The zero-order valence-corrected chi connectivity index (χ0v) is 16.2. The second kappa shape index (κ2) is 9.45. The van der Waals surface area contributed by atoms with Crippen LogP contribution in [0.25, 0.3) is 0 Å². The zero-order chi connectivity index (χ0) is 19.1. The van der Waals surface area contributed by atoms with Gasteiger partial charge in [-0.3, -0.25) is 9.69 Å². The van der Waals surface area contributed by atoms with Crippen molar-refractivity contribution in [3.63, 3.8) is 0 Å². The Labute approximate surface area is 164 Å². The van der Waals surface area contributed by atoms with Crippen molar-refractivity contribution in [3.8, 4) is 11.8 Å². The fourth-order valence-electron chi connectivity index (χ4n) is 3.20. The molecule has 27 heavy (non-hydrogen) atoms. The van der Waals surface area contributed by atoms with E-state index in [9.17, 15) is 10.1 Å². The van der Waals surface area contributed by atoms with Gasteiger partial charge in [0.2, 0.25) is 5.91 Å². The molecule has 1 aliphatic heterocycles. The van der Waals surface area contributed by atoms with Gasteiger partial charge < -0.3 is 9.64 Å². The summed E-state index contributed by atoms with van der Waals surface area (Å²) in [4.78, 5) is 17.6. The van der Waals surface area contributed by atoms with E-state index in [4.69, 9.17) is 4.74 Å². The molecular formula is C21H23N3O2S. The van der Waals surface area contributed by atoms with Crippen LogP contribution in [0.15, 0.2) is 59.5 Å². The molecule has 140 valence electrons. The van der Waals surface area contributed by atoms with Gasteiger partial charge in [-0.1, -0.05) is 42.5 Å². The molecule has 0 bridgehead atoms. The summed E-state index contributed by atoms with van der Waals surface area (Å²) in [7, 11) is 1.64. The molecule has 0 aliphatic carbocycles. The SMILES string of the molecule is COc1ccccc1SCC(=O)N1CCN([C@@H](C#N)c2ccccc2)CC1. The van der Waals surface area contributed by atoms with Gasteiger partial charge in [0.05, 0.1) is 18.9 Å². The number of piperazine rings is 1. The molecule has 0 aromatic heterocycles. The van der Waals surface area contributed by atoms with Crippen LogP contribution >= 0.6 is 11.8 Å². The molecule has 1 fully saturated rings. The summed E-state index contributed by atoms with van der Waals surface area (Å²) in [6.45, 7) is 2.71. The normalized spacial score (nSPS) is 15.8. The number of benzene rings is 2. The lowest BCUT2D eigenvalue weighted by Crippen LogP contribution is -2.50. The number of para-hydroxylation sites is 1. The summed E-state index contributed by atoms with van der Waals surface area (Å²) in [6.07, 6.45) is 0. The molecule has 2 aromatic carbocycles. The lowest BCUT2D eigenvalue weighted by molar-refractivity contribution is -0.130. The minimum absolute atomic E-state index is 0.124. The Morgan fingerprint density at radius 2 is 1.78 bits per heavy atom. The summed E-state index contributed by atoms with van der Waals surface area (Å²) < 4.78 is 5.33. The van der Waals surface area contributed by atoms with Gasteiger partial charge in [-0.15, -0.1) is 11.8 Å². The number of amides is 1. The maximum Gasteiger partial charge on any atom is 0.233 e. The Kier molecular flexibility index (Phi) is 6.74. The van der Waals surface area contributed by atoms with Gasteiger partial charge in [-0.25, -0.2) is 0 Å². The summed E-state index contributed by atoms with van der Waals surface area (Å²) in [5.41, 5.74) is 1.01. The van der Waals surface area contributed by atoms with Crippen molar-refractivity contribution in [2.24, 2.45) is 0 Å². The number of nitriles is 1. The zero-order valence-electron chi connectivity index (χ0n) is 15.4. The average Bonchev–Trinajstić information content (AvgIpc) is 2.74. The molecule has 1 saturated heterocycles. The molecule has 1 atom stereocenters. The van der Waals surface area contributed by atoms with Gasteiger partial charge in [0.15, 0.2) is 0 Å². The number of hydrogen-bond donors (Lipinski definition) is 0. The van der Waals surface area contributed by atoms with Crippen molar-refractivity contribution < 1.29 is 9.53 Å². The van der Waals surface area contributed by atoms with Gasteiger partial charge in [0.1, 0.15) is 11.8 Å². The van der Waals surface area contributed by atoms with E-state index < -0.39 is 0 Å². The molecule has 6 heteroatoms. The van der Waals surface area contributed by atoms with Crippen LogP contribution in [0.1, 0.15) is 11.6 Å². The van der Waals surface area contributed by atoms with Crippen molar-refractivity contribution in [1.82, 2.24) is 9.80 Å². The first-order valence-corrected chi connectivity index (χ1v) is 9.93. The Morgan fingerprint density at radius 1 is 1.11 bits per heavy atom. The van der Waals surface area contributed by atoms with E-state index in [2.05, 4.69) is 11.0 Å². The number of nitrogens with zero attached hydrogens (tertiary/aromatic N) is 3. The third-order valence-electron chi connectivity index (χ3n) is 4.69. The highest BCUT2D eigenvalue weighted by atomic mass is 32.2. The lowest BCUT2D eigenvalue weighted by atomic mass is 10.1. The van der Waals surface area contributed by atoms with E-state index in [0.717, 1.165) is 16.2 Å². The average molecular weight is 382 g/mol. The summed E-state index contributed by atoms with van der Waals surface area (Å²) in [6, 6.07) is 19.7. The Balaban J connectivity index is 1.53. The minimum atomic E-state index is -0.258. The number of carbonyl (C=O) groups excluding carboxylic acids is 1. The predicted octanol–water partition coefficient (Wildman–Crippen LogP) is 3.20. The number of carbonyl (C=O) groups is 1. The third-order valence-corrected chi connectivity index (χ3v) is 5.73. The number of rotatable bonds is 6. The number of methoxy groups -OCH3 is 1. The lowest BCUT2D eigenvalue weighted by Gasteiger charge is -2.37. The first kappa shape index (κ1) is 19.3. The van der Waals surface area contributed by atoms with Crippen molar-refractivity contribution in [3.05, 3.63) is 60.2 Å². The molecular weight excluding hydrogens is 358 g/mol. The van der Waals surface area contributed by atoms with Gasteiger partial charge in [-0.2, -0.15) is 5.26 Å². The van der Waals surface area contributed by atoms with E-state index in [1.54, 1.807) is 7.11 Å². The second-order valence-corrected chi connectivity index (χ2v) is 7.32. The molecule has 3 rings (SSSR count). The quantitative estimate of drug-likeness (QED) is 0.719. The fraction of sp³-hybridized carbons (Fsp3) is 0.333. The second-order valence-electron chi connectivity index (χ2n) is 6.30. The number of hydrogen-bond acceptors (Lipinski definition) is 5. The molecule has 1 aliphatic rings. The standard InChI is InChI=1S/C21H23N3O2S/c1-26-19-9-5-6-10-20(19)27-16-21(25)24-13-11-23(12-14-24)18(15-22)17-7-3-2-4-8-17/h2-10,18H,11-14,16H2,1H3/t18-/m0/s1. The topological polar surface area (TPSA) is 56.6 Å². The molecule has 5 nitrogen and oxygen atoms in total. The van der Waals surface area contributed by atoms with Gasteiger partial charge >= 0.3 is 0 Å². The Bertz CT molecular complexity index is 799. The minimum Gasteiger partial charge on any atom is -0.496 e. The van der Waals surface area contributed by atoms with Gasteiger partial charge in [0.25, 0.3) is 0 Å². The monoisotopic (exact) mass is 381 g/mol. The summed E-state index contributed by atoms with van der Waals surface area (Å²) >= 11 is 1.50. The first-order valence-electron chi connectivity index (χ1n) is 8.95. The maximum atomic E-state index is 12.6. The molecule has 0 radical (unpaired) electrons. The Hall–Kier alpha value is -2.49. The highest BCUT2D eigenvalue weighted by Gasteiger charge is 2.27. The van der Waals surface area contributed by atoms with Crippen LogP contribution in [-0.4, -0.2) is 54.7 Å². The van der Waals surface area contributed by atoms with E-state index in [1.807, 2.05) is 59.5 Å². The van der Waals surface area contributed by atoms with Crippen molar-refractivity contribution in [2.75, 3.05) is 39.0 Å². The van der Waals surface area contributed by atoms with Crippen LogP contribution in [0.4, 0.5) is 0 Å². The van der Waals surface area contributed by atoms with Crippen LogP contribution in [-0.2, 0) is 4.79 Å². The summed E-state index contributed by atoms with van der Waals surface area (Å²) in [5.74, 6) is 1.31. The molecule has 1 amide bonds. The largest absolute Gasteiger partial charge is 0.496 e. The first-order chi connectivity index (χ1) is 13.2. The molecule has 0 unspecified atom stereocenters. The molecule has 2 aromatic rings. The van der Waals surface area contributed by atoms with Gasteiger partial charge in [0, 0.05) is 31.1 Å². The van der Waals surface area contributed by atoms with Crippen LogP contribution in [0.2, 0.25) is 0 Å². The summed E-state index contributed by atoms with van der Waals surface area (Å²) in [5, 5.41) is 9.58. The van der Waals surface area contributed by atoms with Crippen molar-refractivity contribution in [2.45, 2.75) is 10.9 Å². The Morgan fingerprint density at radius 3 is 2.44 bits per heavy atom. The molecule has 0 N–H and O–H groups in total.